The number of rotatable bonds is 5. The van der Waals surface area contributed by atoms with Crippen LogP contribution in [0.25, 0.3) is 0 Å². The summed E-state index contributed by atoms with van der Waals surface area (Å²) in [6.45, 7) is 2.20. The molecule has 1 saturated heterocycles. The third-order valence-corrected chi connectivity index (χ3v) is 7.48. The van der Waals surface area contributed by atoms with Gasteiger partial charge in [-0.25, -0.2) is 18.1 Å². The molecular formula is C18H25N5O4S. The van der Waals surface area contributed by atoms with E-state index < -0.39 is 21.6 Å². The van der Waals surface area contributed by atoms with E-state index in [-0.39, 0.29) is 16.8 Å². The molecule has 1 aliphatic carbocycles. The summed E-state index contributed by atoms with van der Waals surface area (Å²) in [5, 5.41) is 4.72. The zero-order valence-electron chi connectivity index (χ0n) is 16.1. The van der Waals surface area contributed by atoms with Gasteiger partial charge >= 0.3 is 0 Å². The van der Waals surface area contributed by atoms with Crippen molar-refractivity contribution >= 4 is 10.0 Å². The predicted octanol–water partition coefficient (Wildman–Crippen LogP) is 1.92. The second-order valence-electron chi connectivity index (χ2n) is 7.45. The van der Waals surface area contributed by atoms with Crippen molar-refractivity contribution in [1.82, 2.24) is 24.1 Å². The second kappa shape index (κ2) is 7.32. The average Bonchev–Trinajstić information content (AvgIpc) is 3.41. The first kappa shape index (κ1) is 19.1. The van der Waals surface area contributed by atoms with Gasteiger partial charge in [-0.1, -0.05) is 12.8 Å². The van der Waals surface area contributed by atoms with E-state index in [0.29, 0.717) is 30.9 Å². The number of nitrogens with zero attached hydrogens (tertiary/aromatic N) is 4. The number of hydrogen-bond donors (Lipinski definition) is 1. The van der Waals surface area contributed by atoms with Crippen LogP contribution in [-0.4, -0.2) is 46.1 Å². The van der Waals surface area contributed by atoms with E-state index >= 15 is 0 Å². The Morgan fingerprint density at radius 3 is 2.64 bits per heavy atom. The molecular weight excluding hydrogens is 382 g/mol. The molecule has 10 heteroatoms. The Kier molecular flexibility index (Phi) is 5.00. The monoisotopic (exact) mass is 407 g/mol. The molecule has 1 atom stereocenters. The summed E-state index contributed by atoms with van der Waals surface area (Å²) >= 11 is 0. The minimum absolute atomic E-state index is 0.103. The molecule has 1 N–H and O–H groups in total. The molecule has 2 aromatic rings. The first-order chi connectivity index (χ1) is 13.4. The van der Waals surface area contributed by atoms with Gasteiger partial charge in [0, 0.05) is 6.54 Å². The zero-order valence-corrected chi connectivity index (χ0v) is 16.9. The Morgan fingerprint density at radius 1 is 1.21 bits per heavy atom. The smallest absolute Gasteiger partial charge is 0.293 e. The summed E-state index contributed by atoms with van der Waals surface area (Å²) in [6, 6.07) is 1.27. The summed E-state index contributed by atoms with van der Waals surface area (Å²) in [4.78, 5) is 19.0. The average molecular weight is 407 g/mol. The molecule has 0 radical (unpaired) electrons. The van der Waals surface area contributed by atoms with Crippen molar-refractivity contribution in [2.45, 2.75) is 62.6 Å². The highest BCUT2D eigenvalue weighted by Crippen LogP contribution is 2.37. The second-order valence-corrected chi connectivity index (χ2v) is 9.28. The zero-order chi connectivity index (χ0) is 19.9. The van der Waals surface area contributed by atoms with Gasteiger partial charge in [0.1, 0.15) is 5.82 Å². The van der Waals surface area contributed by atoms with E-state index in [9.17, 15) is 13.2 Å². The van der Waals surface area contributed by atoms with Gasteiger partial charge in [-0.15, -0.1) is 0 Å². The largest absolute Gasteiger partial charge is 0.490 e. The Labute approximate surface area is 163 Å². The van der Waals surface area contributed by atoms with Gasteiger partial charge < -0.3 is 9.72 Å². The SMILES string of the molecule is COc1cnc(C2CCCN2S(=O)(=O)c2cc(C)nn2C2CCCC2)[nH]c1=O. The van der Waals surface area contributed by atoms with Crippen molar-refractivity contribution in [3.63, 3.8) is 0 Å². The minimum Gasteiger partial charge on any atom is -0.490 e. The number of methoxy groups -OCH3 is 1. The Bertz CT molecular complexity index is 1020. The molecule has 0 spiro atoms. The molecule has 9 nitrogen and oxygen atoms in total. The lowest BCUT2D eigenvalue weighted by Crippen LogP contribution is -2.34. The molecule has 0 amide bonds. The number of aromatic nitrogens is 4. The summed E-state index contributed by atoms with van der Waals surface area (Å²) in [5.41, 5.74) is 0.279. The van der Waals surface area contributed by atoms with Crippen LogP contribution < -0.4 is 10.3 Å². The first-order valence-corrected chi connectivity index (χ1v) is 11.1. The molecule has 1 unspecified atom stereocenters. The maximum atomic E-state index is 13.5. The first-order valence-electron chi connectivity index (χ1n) is 9.63. The maximum Gasteiger partial charge on any atom is 0.293 e. The lowest BCUT2D eigenvalue weighted by Gasteiger charge is -2.24. The van der Waals surface area contributed by atoms with Gasteiger partial charge in [0.2, 0.25) is 5.75 Å². The number of nitrogens with one attached hydrogen (secondary N) is 1. The van der Waals surface area contributed by atoms with Crippen molar-refractivity contribution in [2.24, 2.45) is 0 Å². The van der Waals surface area contributed by atoms with Gasteiger partial charge in [0.05, 0.1) is 31.1 Å². The minimum atomic E-state index is -3.77. The number of ether oxygens (including phenoxy) is 1. The standard InChI is InChI=1S/C18H25N5O4S/c1-12-10-16(23(21-12)13-6-3-4-7-13)28(25,26)22-9-5-8-14(22)17-19-11-15(27-2)18(24)20-17/h10-11,13-14H,3-9H2,1-2H3,(H,19,20,24). The van der Waals surface area contributed by atoms with Gasteiger partial charge in [-0.05, 0) is 38.7 Å². The fraction of sp³-hybridized carbons (Fsp3) is 0.611. The molecule has 152 valence electrons. The van der Waals surface area contributed by atoms with Crippen LogP contribution in [0.4, 0.5) is 0 Å². The quantitative estimate of drug-likeness (QED) is 0.811. The number of aromatic amines is 1. The number of sulfonamides is 1. The summed E-state index contributed by atoms with van der Waals surface area (Å²) < 4.78 is 35.2. The van der Waals surface area contributed by atoms with Crippen LogP contribution in [0.15, 0.2) is 22.1 Å². The molecule has 3 heterocycles. The van der Waals surface area contributed by atoms with Gasteiger partial charge in [-0.2, -0.15) is 9.40 Å². The summed E-state index contributed by atoms with van der Waals surface area (Å²) in [6.07, 6.45) is 6.71. The van der Waals surface area contributed by atoms with Crippen molar-refractivity contribution in [1.29, 1.82) is 0 Å². The lowest BCUT2D eigenvalue weighted by atomic mass is 10.2. The van der Waals surface area contributed by atoms with Crippen LogP contribution >= 0.6 is 0 Å². The molecule has 2 aliphatic rings. The fourth-order valence-electron chi connectivity index (χ4n) is 4.23. The number of aryl methyl sites for hydroxylation is 1. The normalized spacial score (nSPS) is 21.4. The van der Waals surface area contributed by atoms with Gasteiger partial charge in [0.15, 0.2) is 5.03 Å². The molecule has 2 aromatic heterocycles. The highest BCUT2D eigenvalue weighted by Gasteiger charge is 2.40. The van der Waals surface area contributed by atoms with Crippen LogP contribution in [0, 0.1) is 6.92 Å². The van der Waals surface area contributed by atoms with Crippen molar-refractivity contribution in [3.05, 3.63) is 34.1 Å². The molecule has 4 rings (SSSR count). The topological polar surface area (TPSA) is 110 Å². The highest BCUT2D eigenvalue weighted by atomic mass is 32.2. The molecule has 28 heavy (non-hydrogen) atoms. The third kappa shape index (κ3) is 3.24. The Morgan fingerprint density at radius 2 is 1.96 bits per heavy atom. The lowest BCUT2D eigenvalue weighted by molar-refractivity contribution is 0.362. The van der Waals surface area contributed by atoms with Crippen LogP contribution in [0.1, 0.15) is 62.1 Å². The van der Waals surface area contributed by atoms with Crippen LogP contribution in [0.5, 0.6) is 5.75 Å². The summed E-state index contributed by atoms with van der Waals surface area (Å²) in [7, 11) is -2.38. The van der Waals surface area contributed by atoms with E-state index in [0.717, 1.165) is 25.7 Å². The van der Waals surface area contributed by atoms with E-state index in [4.69, 9.17) is 4.74 Å². The molecule has 1 aliphatic heterocycles. The van der Waals surface area contributed by atoms with Crippen LogP contribution in [0.3, 0.4) is 0 Å². The van der Waals surface area contributed by atoms with Crippen LogP contribution in [-0.2, 0) is 10.0 Å². The number of H-pyrrole nitrogens is 1. The molecule has 0 bridgehead atoms. The Hall–Kier alpha value is -2.20. The maximum absolute atomic E-state index is 13.5. The molecule has 1 saturated carbocycles. The number of hydrogen-bond acceptors (Lipinski definition) is 6. The van der Waals surface area contributed by atoms with E-state index in [2.05, 4.69) is 15.1 Å². The van der Waals surface area contributed by atoms with Crippen molar-refractivity contribution < 1.29 is 13.2 Å². The fourth-order valence-corrected chi connectivity index (χ4v) is 6.12. The van der Waals surface area contributed by atoms with E-state index in [1.54, 1.807) is 10.7 Å². The third-order valence-electron chi connectivity index (χ3n) is 5.59. The predicted molar refractivity (Wildman–Crippen MR) is 102 cm³/mol. The molecule has 2 fully saturated rings. The van der Waals surface area contributed by atoms with Crippen molar-refractivity contribution in [3.8, 4) is 5.75 Å². The highest BCUT2D eigenvalue weighted by molar-refractivity contribution is 7.89. The van der Waals surface area contributed by atoms with Crippen LogP contribution in [0.2, 0.25) is 0 Å². The van der Waals surface area contributed by atoms with Gasteiger partial charge in [0.25, 0.3) is 15.6 Å². The van der Waals surface area contributed by atoms with Crippen molar-refractivity contribution in [2.75, 3.05) is 13.7 Å². The van der Waals surface area contributed by atoms with Gasteiger partial charge in [-0.3, -0.25) is 4.79 Å². The summed E-state index contributed by atoms with van der Waals surface area (Å²) in [5.74, 6) is 0.446. The van der Waals surface area contributed by atoms with E-state index in [1.165, 1.54) is 17.6 Å². The molecule has 0 aromatic carbocycles. The Balaban J connectivity index is 1.71. The van der Waals surface area contributed by atoms with E-state index in [1.807, 2.05) is 6.92 Å².